The zero-order valence-electron chi connectivity index (χ0n) is 9.48. The van der Waals surface area contributed by atoms with Crippen LogP contribution in [0.4, 0.5) is 5.69 Å². The highest BCUT2D eigenvalue weighted by Crippen LogP contribution is 2.27. The number of anilines is 1. The second-order valence-electron chi connectivity index (χ2n) is 4.35. The highest BCUT2D eigenvalue weighted by Gasteiger charge is 2.26. The number of amides is 1. The van der Waals surface area contributed by atoms with Crippen molar-refractivity contribution >= 4 is 38.4 Å². The fraction of sp³-hybridized carbons (Fsp3) is 0.250. The molecule has 1 aromatic heterocycles. The van der Waals surface area contributed by atoms with E-state index in [1.807, 2.05) is 18.2 Å². The van der Waals surface area contributed by atoms with Gasteiger partial charge in [0.1, 0.15) is 5.52 Å². The molecule has 6 heteroatoms. The molecule has 2 aromatic rings. The Morgan fingerprint density at radius 1 is 1.39 bits per heavy atom. The Hall–Kier alpha value is -1.69. The molecule has 3 N–H and O–H groups in total. The summed E-state index contributed by atoms with van der Waals surface area (Å²) in [4.78, 5) is 11.9. The topological polar surface area (TPSA) is 80.9 Å². The van der Waals surface area contributed by atoms with Crippen LogP contribution < -0.4 is 11.1 Å². The monoisotopic (exact) mass is 306 g/mol. The number of aromatic nitrogens is 2. The molecular weight excluding hydrogens is 296 g/mol. The maximum Gasteiger partial charge on any atom is 0.274 e. The molecule has 0 unspecified atom stereocenters. The average Bonchev–Trinajstić information content (AvgIpc) is 3.14. The SMILES string of the molecule is Nc1c(C(=O)NC2CC2)nnc2c(Br)cccc12. The van der Waals surface area contributed by atoms with Gasteiger partial charge in [-0.2, -0.15) is 0 Å². The van der Waals surface area contributed by atoms with E-state index in [1.54, 1.807) is 0 Å². The van der Waals surface area contributed by atoms with Crippen LogP contribution in [-0.2, 0) is 0 Å². The number of hydrogen-bond acceptors (Lipinski definition) is 4. The molecule has 0 aliphatic heterocycles. The van der Waals surface area contributed by atoms with E-state index in [4.69, 9.17) is 5.73 Å². The van der Waals surface area contributed by atoms with E-state index in [1.165, 1.54) is 0 Å². The predicted octanol–water partition coefficient (Wildman–Crippen LogP) is 1.87. The van der Waals surface area contributed by atoms with Crippen molar-refractivity contribution in [1.29, 1.82) is 0 Å². The molecule has 18 heavy (non-hydrogen) atoms. The molecule has 92 valence electrons. The van der Waals surface area contributed by atoms with Crippen molar-refractivity contribution in [3.05, 3.63) is 28.4 Å². The zero-order chi connectivity index (χ0) is 12.7. The molecule has 1 saturated carbocycles. The summed E-state index contributed by atoms with van der Waals surface area (Å²) < 4.78 is 0.813. The van der Waals surface area contributed by atoms with Crippen LogP contribution in [0.2, 0.25) is 0 Å². The van der Waals surface area contributed by atoms with Crippen LogP contribution in [0, 0.1) is 0 Å². The van der Waals surface area contributed by atoms with Crippen LogP contribution in [0.15, 0.2) is 22.7 Å². The Morgan fingerprint density at radius 3 is 2.89 bits per heavy atom. The number of nitrogen functional groups attached to an aromatic ring is 1. The van der Waals surface area contributed by atoms with Gasteiger partial charge in [0.15, 0.2) is 5.69 Å². The number of hydrogen-bond donors (Lipinski definition) is 2. The molecule has 0 saturated heterocycles. The maximum absolute atomic E-state index is 11.9. The Balaban J connectivity index is 2.08. The zero-order valence-corrected chi connectivity index (χ0v) is 11.1. The number of nitrogens with zero attached hydrogens (tertiary/aromatic N) is 2. The van der Waals surface area contributed by atoms with Crippen LogP contribution >= 0.6 is 15.9 Å². The Morgan fingerprint density at radius 2 is 2.17 bits per heavy atom. The van der Waals surface area contributed by atoms with Gasteiger partial charge >= 0.3 is 0 Å². The number of carbonyl (C=O) groups excluding carboxylic acids is 1. The smallest absolute Gasteiger partial charge is 0.274 e. The molecular formula is C12H11BrN4O. The summed E-state index contributed by atoms with van der Waals surface area (Å²) in [6, 6.07) is 5.82. The first-order valence-corrected chi connectivity index (χ1v) is 6.47. The van der Waals surface area contributed by atoms with Crippen molar-refractivity contribution in [3.63, 3.8) is 0 Å². The van der Waals surface area contributed by atoms with Crippen LogP contribution in [-0.4, -0.2) is 22.1 Å². The first-order valence-electron chi connectivity index (χ1n) is 5.68. The minimum Gasteiger partial charge on any atom is -0.396 e. The van der Waals surface area contributed by atoms with Crippen molar-refractivity contribution < 1.29 is 4.79 Å². The largest absolute Gasteiger partial charge is 0.396 e. The van der Waals surface area contributed by atoms with E-state index in [0.29, 0.717) is 11.2 Å². The molecule has 0 bridgehead atoms. The lowest BCUT2D eigenvalue weighted by Gasteiger charge is -2.08. The second kappa shape index (κ2) is 4.20. The molecule has 1 aliphatic carbocycles. The molecule has 1 amide bonds. The number of carbonyl (C=O) groups is 1. The molecule has 0 radical (unpaired) electrons. The quantitative estimate of drug-likeness (QED) is 0.887. The number of nitrogens with one attached hydrogen (secondary N) is 1. The van der Waals surface area contributed by atoms with Crippen molar-refractivity contribution in [2.24, 2.45) is 0 Å². The Bertz CT molecular complexity index is 639. The lowest BCUT2D eigenvalue weighted by atomic mass is 10.1. The Kier molecular flexibility index (Phi) is 2.66. The number of nitrogens with two attached hydrogens (primary N) is 1. The molecule has 0 spiro atoms. The van der Waals surface area contributed by atoms with E-state index in [9.17, 15) is 4.79 Å². The second-order valence-corrected chi connectivity index (χ2v) is 5.20. The summed E-state index contributed by atoms with van der Waals surface area (Å²) in [6.07, 6.45) is 2.05. The van der Waals surface area contributed by atoms with Crippen molar-refractivity contribution in [2.45, 2.75) is 18.9 Å². The maximum atomic E-state index is 11.9. The third-order valence-electron chi connectivity index (χ3n) is 2.91. The van der Waals surface area contributed by atoms with Gasteiger partial charge in [-0.1, -0.05) is 12.1 Å². The molecule has 1 aromatic carbocycles. The summed E-state index contributed by atoms with van der Waals surface area (Å²) in [5.74, 6) is -0.246. The Labute approximate surface area is 112 Å². The number of halogens is 1. The number of benzene rings is 1. The summed E-state index contributed by atoms with van der Waals surface area (Å²) >= 11 is 3.38. The van der Waals surface area contributed by atoms with Gasteiger partial charge in [0, 0.05) is 15.9 Å². The van der Waals surface area contributed by atoms with Crippen LogP contribution in [0.25, 0.3) is 10.9 Å². The van der Waals surface area contributed by atoms with Crippen molar-refractivity contribution in [2.75, 3.05) is 5.73 Å². The van der Waals surface area contributed by atoms with E-state index < -0.39 is 0 Å². The molecule has 0 atom stereocenters. The third-order valence-corrected chi connectivity index (χ3v) is 3.55. The third kappa shape index (κ3) is 1.92. The predicted molar refractivity (Wildman–Crippen MR) is 72.1 cm³/mol. The van der Waals surface area contributed by atoms with Crippen LogP contribution in [0.3, 0.4) is 0 Å². The first-order chi connectivity index (χ1) is 8.66. The summed E-state index contributed by atoms with van der Waals surface area (Å²) in [7, 11) is 0. The highest BCUT2D eigenvalue weighted by molar-refractivity contribution is 9.10. The van der Waals surface area contributed by atoms with E-state index in [-0.39, 0.29) is 17.6 Å². The van der Waals surface area contributed by atoms with Gasteiger partial charge in [0.25, 0.3) is 5.91 Å². The van der Waals surface area contributed by atoms with Crippen molar-refractivity contribution in [1.82, 2.24) is 15.5 Å². The fourth-order valence-corrected chi connectivity index (χ4v) is 2.21. The lowest BCUT2D eigenvalue weighted by molar-refractivity contribution is 0.0946. The summed E-state index contributed by atoms with van der Waals surface area (Å²) in [5, 5.41) is 11.6. The van der Waals surface area contributed by atoms with Crippen molar-refractivity contribution in [3.8, 4) is 0 Å². The van der Waals surface area contributed by atoms with Gasteiger partial charge in [-0.25, -0.2) is 0 Å². The van der Waals surface area contributed by atoms with Gasteiger partial charge in [-0.05, 0) is 34.8 Å². The molecule has 3 rings (SSSR count). The normalized spacial score (nSPS) is 14.7. The minimum absolute atomic E-state index is 0.201. The van der Waals surface area contributed by atoms with Crippen LogP contribution in [0.1, 0.15) is 23.3 Å². The standard InChI is InChI=1S/C12H11BrN4O/c13-8-3-1-2-7-9(14)11(17-16-10(7)8)12(18)15-6-4-5-6/h1-3,6H,4-5H2,(H2,14,16)(H,15,18). The lowest BCUT2D eigenvalue weighted by Crippen LogP contribution is -2.27. The van der Waals surface area contributed by atoms with Gasteiger partial charge < -0.3 is 11.1 Å². The minimum atomic E-state index is -0.246. The van der Waals surface area contributed by atoms with E-state index in [2.05, 4.69) is 31.4 Å². The molecule has 5 nitrogen and oxygen atoms in total. The van der Waals surface area contributed by atoms with E-state index in [0.717, 1.165) is 22.7 Å². The summed E-state index contributed by atoms with van der Waals surface area (Å²) in [5.41, 5.74) is 7.24. The van der Waals surface area contributed by atoms with Gasteiger partial charge in [-0.15, -0.1) is 10.2 Å². The van der Waals surface area contributed by atoms with Crippen LogP contribution in [0.5, 0.6) is 0 Å². The van der Waals surface area contributed by atoms with Gasteiger partial charge in [-0.3, -0.25) is 4.79 Å². The number of fused-ring (bicyclic) bond motifs is 1. The molecule has 1 heterocycles. The average molecular weight is 307 g/mol. The van der Waals surface area contributed by atoms with E-state index >= 15 is 0 Å². The van der Waals surface area contributed by atoms with Gasteiger partial charge in [0.2, 0.25) is 0 Å². The fourth-order valence-electron chi connectivity index (χ4n) is 1.76. The summed E-state index contributed by atoms with van der Waals surface area (Å²) in [6.45, 7) is 0. The number of rotatable bonds is 2. The highest BCUT2D eigenvalue weighted by atomic mass is 79.9. The van der Waals surface area contributed by atoms with Gasteiger partial charge in [0.05, 0.1) is 5.69 Å². The first kappa shape index (κ1) is 11.4. The molecule has 1 fully saturated rings. The molecule has 1 aliphatic rings.